The molecular formula is C9H19NS2Zn. The second kappa shape index (κ2) is 5.67. The zero-order chi connectivity index (χ0) is 9.99. The number of hydrogen-bond acceptors (Lipinski definition) is 2. The summed E-state index contributed by atoms with van der Waals surface area (Å²) in [6.07, 6.45) is 0. The fourth-order valence-electron chi connectivity index (χ4n) is 0.610. The van der Waals surface area contributed by atoms with E-state index in [4.69, 9.17) is 12.2 Å². The molecule has 0 unspecified atom stereocenters. The van der Waals surface area contributed by atoms with E-state index in [1.165, 1.54) is 0 Å². The SMILES string of the molecule is CC(C)(C)NC(=S)SC(C)(C)C.[Zn]. The van der Waals surface area contributed by atoms with Gasteiger partial charge in [0.05, 0.1) is 0 Å². The molecule has 0 fully saturated rings. The molecule has 0 bridgehead atoms. The molecule has 0 spiro atoms. The maximum absolute atomic E-state index is 5.20. The van der Waals surface area contributed by atoms with Gasteiger partial charge in [0, 0.05) is 29.8 Å². The van der Waals surface area contributed by atoms with Crippen molar-refractivity contribution in [1.29, 1.82) is 0 Å². The van der Waals surface area contributed by atoms with E-state index in [1.807, 2.05) is 0 Å². The second-order valence-electron chi connectivity index (χ2n) is 4.88. The summed E-state index contributed by atoms with van der Waals surface area (Å²) in [7, 11) is 0. The summed E-state index contributed by atoms with van der Waals surface area (Å²) >= 11 is 6.91. The topological polar surface area (TPSA) is 12.0 Å². The molecule has 0 amide bonds. The summed E-state index contributed by atoms with van der Waals surface area (Å²) in [5.41, 5.74) is 0.0787. The van der Waals surface area contributed by atoms with Crippen LogP contribution in [0.2, 0.25) is 0 Å². The first-order valence-electron chi connectivity index (χ1n) is 4.11. The number of hydrogen-bond donors (Lipinski definition) is 1. The van der Waals surface area contributed by atoms with Crippen LogP contribution in [0, 0.1) is 0 Å². The van der Waals surface area contributed by atoms with Crippen LogP contribution in [0.4, 0.5) is 0 Å². The number of thiocarbonyl (C=S) groups is 1. The minimum Gasteiger partial charge on any atom is -0.366 e. The van der Waals surface area contributed by atoms with Gasteiger partial charge in [-0.1, -0.05) is 44.8 Å². The Balaban J connectivity index is 0. The van der Waals surface area contributed by atoms with Crippen LogP contribution in [-0.4, -0.2) is 14.6 Å². The molecule has 4 heteroatoms. The van der Waals surface area contributed by atoms with E-state index in [9.17, 15) is 0 Å². The van der Waals surface area contributed by atoms with Crippen molar-refractivity contribution in [2.75, 3.05) is 0 Å². The normalized spacial score (nSPS) is 11.8. The monoisotopic (exact) mass is 269 g/mol. The molecule has 0 radical (unpaired) electrons. The quantitative estimate of drug-likeness (QED) is 0.536. The smallest absolute Gasteiger partial charge is 0.134 e. The number of nitrogens with one attached hydrogen (secondary N) is 1. The summed E-state index contributed by atoms with van der Waals surface area (Å²) < 4.78 is 1.09. The third kappa shape index (κ3) is 12.9. The van der Waals surface area contributed by atoms with Gasteiger partial charge in [0.2, 0.25) is 0 Å². The summed E-state index contributed by atoms with van der Waals surface area (Å²) in [6.45, 7) is 12.8. The zero-order valence-electron chi connectivity index (χ0n) is 9.52. The van der Waals surface area contributed by atoms with Gasteiger partial charge < -0.3 is 5.32 Å². The van der Waals surface area contributed by atoms with Crippen molar-refractivity contribution in [1.82, 2.24) is 5.32 Å². The summed E-state index contributed by atoms with van der Waals surface area (Å²) in [5.74, 6) is 0. The van der Waals surface area contributed by atoms with Gasteiger partial charge in [0.15, 0.2) is 0 Å². The molecule has 0 saturated heterocycles. The Morgan fingerprint density at radius 2 is 1.46 bits per heavy atom. The van der Waals surface area contributed by atoms with Crippen molar-refractivity contribution in [2.24, 2.45) is 0 Å². The van der Waals surface area contributed by atoms with Gasteiger partial charge in [-0.05, 0) is 20.8 Å². The van der Waals surface area contributed by atoms with Crippen molar-refractivity contribution in [3.8, 4) is 0 Å². The third-order valence-corrected chi connectivity index (χ3v) is 2.13. The van der Waals surface area contributed by atoms with E-state index < -0.39 is 0 Å². The Hall–Kier alpha value is 0.863. The molecule has 0 aliphatic heterocycles. The molecule has 0 aromatic heterocycles. The predicted molar refractivity (Wildman–Crippen MR) is 62.8 cm³/mol. The molecule has 0 aliphatic rings. The van der Waals surface area contributed by atoms with Crippen LogP contribution in [-0.2, 0) is 19.5 Å². The standard InChI is InChI=1S/C9H19NS2.Zn/c1-8(2,3)10-7(11)12-9(4,5)6;/h1-6H3,(H,10,11);. The predicted octanol–water partition coefficient (Wildman–Crippen LogP) is 3.19. The Morgan fingerprint density at radius 1 is 1.08 bits per heavy atom. The Morgan fingerprint density at radius 3 is 1.69 bits per heavy atom. The maximum atomic E-state index is 5.20. The van der Waals surface area contributed by atoms with Crippen molar-refractivity contribution in [3.63, 3.8) is 0 Å². The van der Waals surface area contributed by atoms with E-state index >= 15 is 0 Å². The van der Waals surface area contributed by atoms with Crippen LogP contribution >= 0.6 is 24.0 Å². The van der Waals surface area contributed by atoms with Crippen molar-refractivity contribution in [3.05, 3.63) is 0 Å². The Labute approximate surface area is 105 Å². The first-order chi connectivity index (χ1) is 5.10. The summed E-state index contributed by atoms with van der Waals surface area (Å²) in [6, 6.07) is 0. The fraction of sp³-hybridized carbons (Fsp3) is 0.889. The van der Waals surface area contributed by atoms with Gasteiger partial charge >= 0.3 is 0 Å². The molecule has 0 rings (SSSR count). The van der Waals surface area contributed by atoms with Crippen molar-refractivity contribution < 1.29 is 19.5 Å². The molecule has 0 aromatic carbocycles. The summed E-state index contributed by atoms with van der Waals surface area (Å²) in [5, 5.41) is 3.27. The average molecular weight is 271 g/mol. The molecule has 13 heavy (non-hydrogen) atoms. The second-order valence-corrected chi connectivity index (χ2v) is 7.38. The minimum absolute atomic E-state index is 0. The van der Waals surface area contributed by atoms with E-state index in [0.29, 0.717) is 0 Å². The third-order valence-electron chi connectivity index (χ3n) is 0.876. The first kappa shape index (κ1) is 16.3. The van der Waals surface area contributed by atoms with Gasteiger partial charge in [-0.2, -0.15) is 0 Å². The van der Waals surface area contributed by atoms with Crippen molar-refractivity contribution >= 4 is 28.3 Å². The van der Waals surface area contributed by atoms with Gasteiger partial charge in [-0.3, -0.25) is 0 Å². The molecule has 0 heterocycles. The van der Waals surface area contributed by atoms with E-state index in [2.05, 4.69) is 46.9 Å². The number of rotatable bonds is 0. The van der Waals surface area contributed by atoms with E-state index in [0.717, 1.165) is 4.32 Å². The van der Waals surface area contributed by atoms with E-state index in [1.54, 1.807) is 11.8 Å². The van der Waals surface area contributed by atoms with Crippen LogP contribution in [0.15, 0.2) is 0 Å². The van der Waals surface area contributed by atoms with E-state index in [-0.39, 0.29) is 29.8 Å². The molecule has 0 saturated carbocycles. The molecule has 0 aromatic rings. The van der Waals surface area contributed by atoms with Gasteiger partial charge in [0.1, 0.15) is 4.32 Å². The fourth-order valence-corrected chi connectivity index (χ4v) is 2.58. The van der Waals surface area contributed by atoms with Crippen LogP contribution in [0.3, 0.4) is 0 Å². The minimum atomic E-state index is 0. The van der Waals surface area contributed by atoms with Crippen molar-refractivity contribution in [2.45, 2.75) is 51.8 Å². The zero-order valence-corrected chi connectivity index (χ0v) is 14.1. The van der Waals surface area contributed by atoms with Crippen LogP contribution in [0.1, 0.15) is 41.5 Å². The largest absolute Gasteiger partial charge is 0.366 e. The molecule has 74 valence electrons. The molecule has 0 aliphatic carbocycles. The molecule has 1 nitrogen and oxygen atoms in total. The van der Waals surface area contributed by atoms with Gasteiger partial charge in [-0.25, -0.2) is 0 Å². The molecule has 0 atom stereocenters. The van der Waals surface area contributed by atoms with Crippen LogP contribution in [0.5, 0.6) is 0 Å². The molecular weight excluding hydrogens is 252 g/mol. The summed E-state index contributed by atoms with van der Waals surface area (Å²) in [4.78, 5) is 0. The van der Waals surface area contributed by atoms with Gasteiger partial charge in [-0.15, -0.1) is 0 Å². The Bertz CT molecular complexity index is 149. The first-order valence-corrected chi connectivity index (χ1v) is 5.34. The van der Waals surface area contributed by atoms with Gasteiger partial charge in [0.25, 0.3) is 0 Å². The van der Waals surface area contributed by atoms with Crippen LogP contribution < -0.4 is 5.32 Å². The molecule has 1 N–H and O–H groups in total. The Kier molecular flexibility index (Phi) is 7.11. The maximum Gasteiger partial charge on any atom is 0.134 e. The van der Waals surface area contributed by atoms with Crippen LogP contribution in [0.25, 0.3) is 0 Å². The average Bonchev–Trinajstić information content (AvgIpc) is 1.49. The number of thioether (sulfide) groups is 1.